The van der Waals surface area contributed by atoms with Crippen molar-refractivity contribution < 1.29 is 4.74 Å². The fourth-order valence-electron chi connectivity index (χ4n) is 2.49. The quantitative estimate of drug-likeness (QED) is 0.710. The minimum atomic E-state index is 0.843. The van der Waals surface area contributed by atoms with E-state index in [1.165, 1.54) is 11.3 Å². The lowest BCUT2D eigenvalue weighted by Crippen LogP contribution is -2.07. The Morgan fingerprint density at radius 3 is 2.43 bits per heavy atom. The van der Waals surface area contributed by atoms with Crippen LogP contribution in [-0.4, -0.2) is 26.2 Å². The molecule has 2 aromatic carbocycles. The Bertz CT molecular complexity index is 836. The third kappa shape index (κ3) is 3.34. The molecule has 0 saturated heterocycles. The predicted octanol–water partition coefficient (Wildman–Crippen LogP) is 4.48. The molecule has 0 aliphatic rings. The van der Waals surface area contributed by atoms with Gasteiger partial charge >= 0.3 is 0 Å². The molecule has 3 heteroatoms. The zero-order valence-corrected chi connectivity index (χ0v) is 13.7. The summed E-state index contributed by atoms with van der Waals surface area (Å²) in [4.78, 5) is 6.50. The summed E-state index contributed by atoms with van der Waals surface area (Å²) in [7, 11) is 5.77. The van der Waals surface area contributed by atoms with E-state index in [2.05, 4.69) is 46.3 Å². The van der Waals surface area contributed by atoms with Gasteiger partial charge in [0.1, 0.15) is 5.75 Å². The van der Waals surface area contributed by atoms with Crippen molar-refractivity contribution in [3.05, 3.63) is 65.9 Å². The van der Waals surface area contributed by atoms with E-state index in [0.29, 0.717) is 0 Å². The molecule has 0 radical (unpaired) electrons. The third-order valence-electron chi connectivity index (χ3n) is 3.85. The van der Waals surface area contributed by atoms with Crippen LogP contribution in [0.3, 0.4) is 0 Å². The molecule has 0 spiro atoms. The Hall–Kier alpha value is -2.81. The van der Waals surface area contributed by atoms with Crippen molar-refractivity contribution in [1.82, 2.24) is 4.98 Å². The van der Waals surface area contributed by atoms with Gasteiger partial charge in [-0.3, -0.25) is 4.98 Å². The lowest BCUT2D eigenvalue weighted by atomic mass is 10.1. The molecule has 116 valence electrons. The maximum absolute atomic E-state index is 5.32. The predicted molar refractivity (Wildman–Crippen MR) is 98.0 cm³/mol. The van der Waals surface area contributed by atoms with Crippen molar-refractivity contribution in [2.45, 2.75) is 0 Å². The average molecular weight is 304 g/mol. The molecule has 23 heavy (non-hydrogen) atoms. The lowest BCUT2D eigenvalue weighted by molar-refractivity contribution is 0.415. The normalized spacial score (nSPS) is 11.1. The third-order valence-corrected chi connectivity index (χ3v) is 3.85. The van der Waals surface area contributed by atoms with Crippen LogP contribution < -0.4 is 9.64 Å². The number of benzene rings is 2. The van der Waals surface area contributed by atoms with Gasteiger partial charge in [0, 0.05) is 31.4 Å². The van der Waals surface area contributed by atoms with E-state index in [-0.39, 0.29) is 0 Å². The topological polar surface area (TPSA) is 25.4 Å². The van der Waals surface area contributed by atoms with Crippen molar-refractivity contribution in [2.24, 2.45) is 0 Å². The van der Waals surface area contributed by atoms with Crippen LogP contribution in [0, 0.1) is 0 Å². The van der Waals surface area contributed by atoms with Crippen LogP contribution >= 0.6 is 0 Å². The summed E-state index contributed by atoms with van der Waals surface area (Å²) in [6, 6.07) is 16.4. The van der Waals surface area contributed by atoms with Gasteiger partial charge in [-0.05, 0) is 47.5 Å². The second kappa shape index (κ2) is 6.53. The first-order chi connectivity index (χ1) is 11.2. The Morgan fingerprint density at radius 2 is 1.74 bits per heavy atom. The van der Waals surface area contributed by atoms with Crippen LogP contribution in [0.1, 0.15) is 11.1 Å². The van der Waals surface area contributed by atoms with Crippen LogP contribution in [0.15, 0.2) is 54.7 Å². The molecule has 0 N–H and O–H groups in total. The van der Waals surface area contributed by atoms with E-state index in [1.807, 2.05) is 44.6 Å². The number of hydrogen-bond donors (Lipinski definition) is 0. The van der Waals surface area contributed by atoms with Gasteiger partial charge in [-0.15, -0.1) is 0 Å². The number of methoxy groups -OCH3 is 1. The summed E-state index contributed by atoms with van der Waals surface area (Å²) in [5.74, 6) is 0.843. The monoisotopic (exact) mass is 304 g/mol. The van der Waals surface area contributed by atoms with Crippen molar-refractivity contribution >= 4 is 28.7 Å². The van der Waals surface area contributed by atoms with Crippen LogP contribution in [0.2, 0.25) is 0 Å². The summed E-state index contributed by atoms with van der Waals surface area (Å²) in [5, 5.41) is 1.09. The van der Waals surface area contributed by atoms with E-state index < -0.39 is 0 Å². The van der Waals surface area contributed by atoms with Gasteiger partial charge < -0.3 is 9.64 Å². The van der Waals surface area contributed by atoms with Gasteiger partial charge in [0.25, 0.3) is 0 Å². The molecule has 0 amide bonds. The highest BCUT2D eigenvalue weighted by molar-refractivity contribution is 5.91. The second-order valence-electron chi connectivity index (χ2n) is 5.60. The van der Waals surface area contributed by atoms with E-state index >= 15 is 0 Å². The van der Waals surface area contributed by atoms with Gasteiger partial charge in [-0.1, -0.05) is 24.3 Å². The molecule has 0 aliphatic carbocycles. The first kappa shape index (κ1) is 15.1. The Labute approximate surface area is 136 Å². The highest BCUT2D eigenvalue weighted by Crippen LogP contribution is 2.24. The summed E-state index contributed by atoms with van der Waals surface area (Å²) < 4.78 is 5.32. The Balaban J connectivity index is 1.94. The maximum Gasteiger partial charge on any atom is 0.119 e. The Kier molecular flexibility index (Phi) is 4.29. The fourth-order valence-corrected chi connectivity index (χ4v) is 2.49. The standard InChI is InChI=1S/C20H20N2O/c1-22(2)17-8-5-15(6-9-17)4-7-16-12-13-21-20-11-10-18(23-3)14-19(16)20/h4-14H,1-3H3/b7-4-. The zero-order chi connectivity index (χ0) is 16.2. The average Bonchev–Trinajstić information content (AvgIpc) is 2.59. The zero-order valence-electron chi connectivity index (χ0n) is 13.7. The Morgan fingerprint density at radius 1 is 0.957 bits per heavy atom. The molecule has 3 nitrogen and oxygen atoms in total. The molecule has 3 aromatic rings. The summed E-state index contributed by atoms with van der Waals surface area (Å²) >= 11 is 0. The van der Waals surface area contributed by atoms with Gasteiger partial charge in [-0.2, -0.15) is 0 Å². The van der Waals surface area contributed by atoms with E-state index in [4.69, 9.17) is 4.74 Å². The summed E-state index contributed by atoms with van der Waals surface area (Å²) in [5.41, 5.74) is 4.46. The molecule has 0 fully saturated rings. The summed E-state index contributed by atoms with van der Waals surface area (Å²) in [6.45, 7) is 0. The second-order valence-corrected chi connectivity index (χ2v) is 5.60. The van der Waals surface area contributed by atoms with E-state index in [0.717, 1.165) is 22.2 Å². The number of anilines is 1. The van der Waals surface area contributed by atoms with Gasteiger partial charge in [-0.25, -0.2) is 0 Å². The lowest BCUT2D eigenvalue weighted by Gasteiger charge is -2.11. The molecular weight excluding hydrogens is 284 g/mol. The van der Waals surface area contributed by atoms with E-state index in [9.17, 15) is 0 Å². The summed E-state index contributed by atoms with van der Waals surface area (Å²) in [6.07, 6.45) is 6.07. The van der Waals surface area contributed by atoms with E-state index in [1.54, 1.807) is 7.11 Å². The van der Waals surface area contributed by atoms with Gasteiger partial charge in [0.05, 0.1) is 12.6 Å². The number of aromatic nitrogens is 1. The number of ether oxygens (including phenoxy) is 1. The fraction of sp³-hybridized carbons (Fsp3) is 0.150. The van der Waals surface area contributed by atoms with Gasteiger partial charge in [0.2, 0.25) is 0 Å². The minimum absolute atomic E-state index is 0.843. The molecule has 3 rings (SSSR count). The van der Waals surface area contributed by atoms with Crippen molar-refractivity contribution in [1.29, 1.82) is 0 Å². The van der Waals surface area contributed by atoms with Crippen molar-refractivity contribution in [3.63, 3.8) is 0 Å². The van der Waals surface area contributed by atoms with Gasteiger partial charge in [0.15, 0.2) is 0 Å². The molecule has 1 aromatic heterocycles. The SMILES string of the molecule is COc1ccc2nccc(/C=C\c3ccc(N(C)C)cc3)c2c1. The molecule has 0 unspecified atom stereocenters. The first-order valence-electron chi connectivity index (χ1n) is 7.55. The molecule has 0 atom stereocenters. The number of nitrogens with zero attached hydrogens (tertiary/aromatic N) is 2. The molecule has 0 aliphatic heterocycles. The van der Waals surface area contributed by atoms with Crippen molar-refractivity contribution in [3.8, 4) is 5.75 Å². The number of fused-ring (bicyclic) bond motifs is 1. The highest BCUT2D eigenvalue weighted by atomic mass is 16.5. The smallest absolute Gasteiger partial charge is 0.119 e. The molecule has 0 saturated carbocycles. The number of rotatable bonds is 4. The molecule has 0 bridgehead atoms. The van der Waals surface area contributed by atoms with Crippen molar-refractivity contribution in [2.75, 3.05) is 26.1 Å². The minimum Gasteiger partial charge on any atom is -0.497 e. The van der Waals surface area contributed by atoms with Crippen LogP contribution in [-0.2, 0) is 0 Å². The van der Waals surface area contributed by atoms with Crippen LogP contribution in [0.4, 0.5) is 5.69 Å². The largest absolute Gasteiger partial charge is 0.497 e. The van der Waals surface area contributed by atoms with Crippen LogP contribution in [0.5, 0.6) is 5.75 Å². The van der Waals surface area contributed by atoms with Crippen LogP contribution in [0.25, 0.3) is 23.1 Å². The molecule has 1 heterocycles. The first-order valence-corrected chi connectivity index (χ1v) is 7.55. The maximum atomic E-state index is 5.32. The number of pyridine rings is 1. The molecular formula is C20H20N2O. The number of hydrogen-bond acceptors (Lipinski definition) is 3. The highest BCUT2D eigenvalue weighted by Gasteiger charge is 2.01.